The van der Waals surface area contributed by atoms with Crippen molar-refractivity contribution in [1.29, 1.82) is 5.26 Å². The molecular weight excluding hydrogens is 311 g/mol. The van der Waals surface area contributed by atoms with Crippen LogP contribution in [0.5, 0.6) is 0 Å². The highest BCUT2D eigenvalue weighted by Gasteiger charge is 2.30. The van der Waals surface area contributed by atoms with Crippen LogP contribution in [0.3, 0.4) is 0 Å². The van der Waals surface area contributed by atoms with Gasteiger partial charge in [0.15, 0.2) is 6.19 Å². The molecule has 1 fully saturated rings. The summed E-state index contributed by atoms with van der Waals surface area (Å²) in [5.41, 5.74) is 0.303. The fraction of sp³-hybridized carbons (Fsp3) is 0.471. The topological polar surface area (TPSA) is 85.2 Å². The van der Waals surface area contributed by atoms with E-state index in [9.17, 15) is 14.0 Å². The van der Waals surface area contributed by atoms with Gasteiger partial charge in [-0.3, -0.25) is 9.59 Å². The molecule has 1 aliphatic rings. The number of nitrogens with zero attached hydrogens (tertiary/aromatic N) is 2. The van der Waals surface area contributed by atoms with E-state index >= 15 is 0 Å². The minimum atomic E-state index is -0.668. The molecule has 0 unspecified atom stereocenters. The van der Waals surface area contributed by atoms with E-state index in [1.807, 2.05) is 20.0 Å². The molecule has 0 radical (unpaired) electrons. The lowest BCUT2D eigenvalue weighted by Crippen LogP contribution is -2.60. The third-order valence-corrected chi connectivity index (χ3v) is 3.80. The Bertz CT molecular complexity index is 633. The van der Waals surface area contributed by atoms with Crippen molar-refractivity contribution in [3.05, 3.63) is 35.6 Å². The zero-order valence-electron chi connectivity index (χ0n) is 13.8. The van der Waals surface area contributed by atoms with E-state index < -0.39 is 17.8 Å². The molecular formula is C17H21FN4O2. The largest absolute Gasteiger partial charge is 0.348 e. The van der Waals surface area contributed by atoms with Crippen LogP contribution in [0.2, 0.25) is 0 Å². The van der Waals surface area contributed by atoms with Gasteiger partial charge in [-0.2, -0.15) is 5.26 Å². The molecule has 0 spiro atoms. The van der Waals surface area contributed by atoms with E-state index in [2.05, 4.69) is 10.6 Å². The maximum atomic E-state index is 12.9. The van der Waals surface area contributed by atoms with Gasteiger partial charge in [0.25, 0.3) is 5.91 Å². The Morgan fingerprint density at radius 2 is 1.96 bits per heavy atom. The second kappa shape index (κ2) is 7.77. The van der Waals surface area contributed by atoms with Gasteiger partial charge in [-0.1, -0.05) is 13.8 Å². The SMILES string of the molecule is CC(C)C[C@H](NC(=O)c1ccc(F)cc1)C(=O)NC1CN(C#N)C1. The van der Waals surface area contributed by atoms with Crippen molar-refractivity contribution in [3.8, 4) is 6.19 Å². The number of carbonyl (C=O) groups is 2. The van der Waals surface area contributed by atoms with Crippen LogP contribution in [-0.2, 0) is 4.79 Å². The van der Waals surface area contributed by atoms with Crippen LogP contribution < -0.4 is 10.6 Å². The monoisotopic (exact) mass is 332 g/mol. The Labute approximate surface area is 140 Å². The van der Waals surface area contributed by atoms with Crippen molar-refractivity contribution < 1.29 is 14.0 Å². The van der Waals surface area contributed by atoms with Gasteiger partial charge >= 0.3 is 0 Å². The Hall–Kier alpha value is -2.62. The zero-order valence-corrected chi connectivity index (χ0v) is 13.8. The van der Waals surface area contributed by atoms with Crippen LogP contribution in [0.1, 0.15) is 30.6 Å². The first-order chi connectivity index (χ1) is 11.4. The van der Waals surface area contributed by atoms with Gasteiger partial charge in [0.1, 0.15) is 11.9 Å². The van der Waals surface area contributed by atoms with E-state index in [1.54, 1.807) is 4.90 Å². The molecule has 24 heavy (non-hydrogen) atoms. The van der Waals surface area contributed by atoms with Crippen LogP contribution >= 0.6 is 0 Å². The summed E-state index contributed by atoms with van der Waals surface area (Å²) in [6.45, 7) is 4.90. The van der Waals surface area contributed by atoms with E-state index in [4.69, 9.17) is 5.26 Å². The summed E-state index contributed by atoms with van der Waals surface area (Å²) in [6.07, 6.45) is 2.50. The number of hydrogen-bond acceptors (Lipinski definition) is 4. The quantitative estimate of drug-likeness (QED) is 0.768. The summed E-state index contributed by atoms with van der Waals surface area (Å²) >= 11 is 0. The van der Waals surface area contributed by atoms with E-state index in [1.165, 1.54) is 24.3 Å². The van der Waals surface area contributed by atoms with Gasteiger partial charge < -0.3 is 15.5 Å². The maximum Gasteiger partial charge on any atom is 0.251 e. The van der Waals surface area contributed by atoms with Gasteiger partial charge in [-0.25, -0.2) is 4.39 Å². The van der Waals surface area contributed by atoms with Crippen molar-refractivity contribution in [1.82, 2.24) is 15.5 Å². The molecule has 0 aromatic heterocycles. The predicted octanol–water partition coefficient (Wildman–Crippen LogP) is 1.25. The number of benzene rings is 1. The van der Waals surface area contributed by atoms with Gasteiger partial charge in [0.05, 0.1) is 19.1 Å². The molecule has 6 nitrogen and oxygen atoms in total. The molecule has 128 valence electrons. The van der Waals surface area contributed by atoms with Crippen LogP contribution in [0.4, 0.5) is 4.39 Å². The number of nitrogens with one attached hydrogen (secondary N) is 2. The van der Waals surface area contributed by atoms with Crippen molar-refractivity contribution in [2.75, 3.05) is 13.1 Å². The summed E-state index contributed by atoms with van der Waals surface area (Å²) in [7, 11) is 0. The standard InChI is InChI=1S/C17H21FN4O2/c1-11(2)7-15(17(24)20-14-8-22(9-14)10-19)21-16(23)12-3-5-13(18)6-4-12/h3-6,11,14-15H,7-9H2,1-2H3,(H,20,24)(H,21,23)/t15-/m0/s1. The lowest BCUT2D eigenvalue weighted by molar-refractivity contribution is -0.124. The first-order valence-electron chi connectivity index (χ1n) is 7.90. The lowest BCUT2D eigenvalue weighted by atomic mass is 10.0. The van der Waals surface area contributed by atoms with E-state index in [0.717, 1.165) is 0 Å². The molecule has 0 bridgehead atoms. The van der Waals surface area contributed by atoms with Gasteiger partial charge in [-0.15, -0.1) is 0 Å². The maximum absolute atomic E-state index is 12.9. The molecule has 7 heteroatoms. The second-order valence-corrected chi connectivity index (χ2v) is 6.37. The van der Waals surface area contributed by atoms with E-state index in [0.29, 0.717) is 25.1 Å². The first kappa shape index (κ1) is 17.7. The van der Waals surface area contributed by atoms with Gasteiger partial charge in [0, 0.05) is 5.56 Å². The molecule has 1 heterocycles. The van der Waals surface area contributed by atoms with E-state index in [-0.39, 0.29) is 17.9 Å². The number of likely N-dealkylation sites (tertiary alicyclic amines) is 1. The molecule has 2 rings (SSSR count). The highest BCUT2D eigenvalue weighted by molar-refractivity contribution is 5.97. The highest BCUT2D eigenvalue weighted by atomic mass is 19.1. The van der Waals surface area contributed by atoms with Crippen LogP contribution in [-0.4, -0.2) is 41.9 Å². The van der Waals surface area contributed by atoms with Crippen molar-refractivity contribution in [2.45, 2.75) is 32.4 Å². The fourth-order valence-electron chi connectivity index (χ4n) is 2.50. The minimum absolute atomic E-state index is 0.0745. The number of nitriles is 1. The lowest BCUT2D eigenvalue weighted by Gasteiger charge is -2.36. The third kappa shape index (κ3) is 4.69. The van der Waals surface area contributed by atoms with Crippen LogP contribution in [0, 0.1) is 23.2 Å². The van der Waals surface area contributed by atoms with Crippen molar-refractivity contribution in [3.63, 3.8) is 0 Å². The smallest absolute Gasteiger partial charge is 0.251 e. The summed E-state index contributed by atoms with van der Waals surface area (Å²) in [6, 6.07) is 4.43. The average Bonchev–Trinajstić information content (AvgIpc) is 2.49. The summed E-state index contributed by atoms with van der Waals surface area (Å²) in [4.78, 5) is 26.2. The molecule has 0 aliphatic carbocycles. The molecule has 0 saturated carbocycles. The summed E-state index contributed by atoms with van der Waals surface area (Å²) in [5.74, 6) is -0.883. The first-order valence-corrected chi connectivity index (χ1v) is 7.90. The zero-order chi connectivity index (χ0) is 17.7. The molecule has 1 aliphatic heterocycles. The van der Waals surface area contributed by atoms with Crippen molar-refractivity contribution in [2.24, 2.45) is 5.92 Å². The number of rotatable bonds is 6. The average molecular weight is 332 g/mol. The second-order valence-electron chi connectivity index (χ2n) is 6.37. The Balaban J connectivity index is 1.97. The molecule has 1 aromatic carbocycles. The Morgan fingerprint density at radius 3 is 2.50 bits per heavy atom. The fourth-order valence-corrected chi connectivity index (χ4v) is 2.50. The molecule has 1 saturated heterocycles. The van der Waals surface area contributed by atoms with Gasteiger partial charge in [0.2, 0.25) is 5.91 Å². The highest BCUT2D eigenvalue weighted by Crippen LogP contribution is 2.10. The number of carbonyl (C=O) groups excluding carboxylic acids is 2. The van der Waals surface area contributed by atoms with Crippen molar-refractivity contribution >= 4 is 11.8 Å². The molecule has 1 aromatic rings. The normalized spacial score (nSPS) is 15.4. The number of hydrogen-bond donors (Lipinski definition) is 2. The third-order valence-electron chi connectivity index (χ3n) is 3.80. The molecule has 2 amide bonds. The summed E-state index contributed by atoms with van der Waals surface area (Å²) in [5, 5.41) is 14.3. The summed E-state index contributed by atoms with van der Waals surface area (Å²) < 4.78 is 12.9. The van der Waals surface area contributed by atoms with Crippen LogP contribution in [0.25, 0.3) is 0 Å². The predicted molar refractivity (Wildman–Crippen MR) is 86.2 cm³/mol. The minimum Gasteiger partial charge on any atom is -0.348 e. The molecule has 1 atom stereocenters. The van der Waals surface area contributed by atoms with Crippen LogP contribution in [0.15, 0.2) is 24.3 Å². The molecule has 2 N–H and O–H groups in total. The Morgan fingerprint density at radius 1 is 1.33 bits per heavy atom. The number of amides is 2. The Kier molecular flexibility index (Phi) is 5.74. The number of halogens is 1. The van der Waals surface area contributed by atoms with Gasteiger partial charge in [-0.05, 0) is 36.6 Å².